The van der Waals surface area contributed by atoms with Crippen molar-refractivity contribution in [2.45, 2.75) is 27.4 Å². The number of aryl methyl sites for hydroxylation is 3. The lowest BCUT2D eigenvalue weighted by Gasteiger charge is -2.08. The molecule has 0 bridgehead atoms. The fourth-order valence-corrected chi connectivity index (χ4v) is 3.67. The first-order valence-electron chi connectivity index (χ1n) is 10.1. The van der Waals surface area contributed by atoms with Crippen LogP contribution < -0.4 is 15.9 Å². The van der Waals surface area contributed by atoms with Gasteiger partial charge in [0.1, 0.15) is 0 Å². The number of hydrogen-bond donors (Lipinski definition) is 3. The van der Waals surface area contributed by atoms with Crippen LogP contribution >= 0.6 is 15.9 Å². The Morgan fingerprint density at radius 1 is 1.12 bits per heavy atom. The van der Waals surface area contributed by atoms with E-state index < -0.39 is 0 Å². The summed E-state index contributed by atoms with van der Waals surface area (Å²) >= 11 is 3.40. The van der Waals surface area contributed by atoms with E-state index in [0.717, 1.165) is 21.3 Å². The van der Waals surface area contributed by atoms with Crippen molar-refractivity contribution in [3.8, 4) is 0 Å². The van der Waals surface area contributed by atoms with E-state index in [1.165, 1.54) is 0 Å². The number of benzene rings is 2. The average Bonchev–Trinajstić information content (AvgIpc) is 2.78. The number of fused-ring (bicyclic) bond motifs is 1. The van der Waals surface area contributed by atoms with Gasteiger partial charge in [-0.05, 0) is 56.7 Å². The second-order valence-corrected chi connectivity index (χ2v) is 8.58. The first-order valence-corrected chi connectivity index (χ1v) is 10.9. The molecule has 0 unspecified atom stereocenters. The fraction of sp³-hybridized carbons (Fsp3) is 0.160. The molecule has 0 atom stereocenters. The number of carbonyl (C=O) groups excluding carboxylic acids is 1. The molecule has 0 aliphatic rings. The summed E-state index contributed by atoms with van der Waals surface area (Å²) < 4.78 is 7.11. The zero-order valence-electron chi connectivity index (χ0n) is 18.0. The van der Waals surface area contributed by atoms with Gasteiger partial charge < -0.3 is 14.8 Å². The van der Waals surface area contributed by atoms with Crippen molar-refractivity contribution in [2.24, 2.45) is 0 Å². The molecule has 6 nitrogen and oxygen atoms in total. The van der Waals surface area contributed by atoms with Crippen LogP contribution in [0.5, 0.6) is 0 Å². The van der Waals surface area contributed by atoms with Gasteiger partial charge in [0.15, 0.2) is 11.1 Å². The molecule has 7 heteroatoms. The zero-order valence-corrected chi connectivity index (χ0v) is 19.6. The normalized spacial score (nSPS) is 11.7. The molecule has 0 saturated heterocycles. The molecule has 4 aromatic rings. The molecule has 3 N–H and O–H groups in total. The van der Waals surface area contributed by atoms with Crippen LogP contribution in [0.4, 0.5) is 11.4 Å². The number of aromatic nitrogens is 1. The number of hydrogen-bond acceptors (Lipinski definition) is 4. The third-order valence-corrected chi connectivity index (χ3v) is 5.76. The molecule has 162 valence electrons. The van der Waals surface area contributed by atoms with E-state index in [-0.39, 0.29) is 12.5 Å². The number of carbonyl (C=O) groups is 1. The highest BCUT2D eigenvalue weighted by Crippen LogP contribution is 2.21. The number of amides is 1. The summed E-state index contributed by atoms with van der Waals surface area (Å²) in [6.45, 7) is 5.61. The van der Waals surface area contributed by atoms with Crippen LogP contribution in [0.2, 0.25) is 0 Å². The van der Waals surface area contributed by atoms with E-state index in [9.17, 15) is 9.90 Å². The summed E-state index contributed by atoms with van der Waals surface area (Å²) in [5.74, 6) is -0.330. The number of aliphatic hydroxyl groups excluding tert-OH is 1. The standard InChI is InChI=1S/C25H22BrN3O3/c1-14-4-5-15(2)22(10-14)29-25-21(24(31)28-19-8-6-18(26)7-9-19)11-20-17(13-30)12-27-16(3)23(20)32-25/h4-12,30H,13H2,1-3H3,(H,28,31)/p+1. The number of halogens is 1. The summed E-state index contributed by atoms with van der Waals surface area (Å²) in [6.07, 6.45) is 1.60. The Morgan fingerprint density at radius 2 is 1.88 bits per heavy atom. The van der Waals surface area contributed by atoms with Gasteiger partial charge in [0.25, 0.3) is 5.91 Å². The number of pyridine rings is 1. The molecular weight excluding hydrogens is 470 g/mol. The zero-order chi connectivity index (χ0) is 22.8. The van der Waals surface area contributed by atoms with Gasteiger partial charge in [-0.25, -0.2) is 0 Å². The summed E-state index contributed by atoms with van der Waals surface area (Å²) in [5, 5.41) is 13.3. The molecule has 2 heterocycles. The molecule has 0 radical (unpaired) electrons. The maximum absolute atomic E-state index is 13.3. The van der Waals surface area contributed by atoms with E-state index in [4.69, 9.17) is 4.42 Å². The van der Waals surface area contributed by atoms with Crippen molar-refractivity contribution in [3.05, 3.63) is 92.7 Å². The van der Waals surface area contributed by atoms with Crippen molar-refractivity contribution in [3.63, 3.8) is 0 Å². The highest BCUT2D eigenvalue weighted by atomic mass is 79.9. The Labute approximate surface area is 193 Å². The van der Waals surface area contributed by atoms with Crippen LogP contribution in [0, 0.1) is 20.8 Å². The van der Waals surface area contributed by atoms with Crippen molar-refractivity contribution in [1.82, 2.24) is 4.98 Å². The highest BCUT2D eigenvalue weighted by molar-refractivity contribution is 9.10. The Morgan fingerprint density at radius 3 is 2.59 bits per heavy atom. The Kier molecular flexibility index (Phi) is 6.21. The molecule has 0 aliphatic heterocycles. The molecule has 4 rings (SSSR count). The molecule has 2 aromatic carbocycles. The SMILES string of the molecule is Cc1ccc(C)c([NH+]=c2oc3c(C)ncc(CO)c3cc2C(=O)Nc2ccc(Br)cc2)c1. The van der Waals surface area contributed by atoms with Crippen molar-refractivity contribution < 1.29 is 19.3 Å². The summed E-state index contributed by atoms with van der Waals surface area (Å²) in [6, 6.07) is 15.1. The molecule has 0 fully saturated rings. The maximum atomic E-state index is 13.3. The number of anilines is 1. The minimum atomic E-state index is -0.330. The van der Waals surface area contributed by atoms with E-state index in [0.29, 0.717) is 39.0 Å². The molecule has 0 saturated carbocycles. The van der Waals surface area contributed by atoms with Crippen LogP contribution in [0.3, 0.4) is 0 Å². The monoisotopic (exact) mass is 492 g/mol. The Hall–Kier alpha value is -3.29. The van der Waals surface area contributed by atoms with Crippen LogP contribution in [0.15, 0.2) is 63.6 Å². The van der Waals surface area contributed by atoms with Crippen LogP contribution in [0.25, 0.3) is 11.0 Å². The number of nitrogens with zero attached hydrogens (tertiary/aromatic N) is 1. The van der Waals surface area contributed by atoms with E-state index in [2.05, 4.69) is 31.2 Å². The van der Waals surface area contributed by atoms with Crippen molar-refractivity contribution >= 4 is 44.2 Å². The van der Waals surface area contributed by atoms with E-state index in [1.807, 2.05) is 63.2 Å². The van der Waals surface area contributed by atoms with Crippen LogP contribution in [0.1, 0.15) is 32.7 Å². The van der Waals surface area contributed by atoms with Gasteiger partial charge in [-0.2, -0.15) is 4.99 Å². The number of rotatable bonds is 4. The Balaban J connectivity index is 1.94. The number of nitrogens with one attached hydrogen (secondary N) is 2. The molecule has 32 heavy (non-hydrogen) atoms. The predicted octanol–water partition coefficient (Wildman–Crippen LogP) is 3.57. The summed E-state index contributed by atoms with van der Waals surface area (Å²) in [7, 11) is 0. The second-order valence-electron chi connectivity index (χ2n) is 7.66. The quantitative estimate of drug-likeness (QED) is 0.406. The lowest BCUT2D eigenvalue weighted by molar-refractivity contribution is -0.418. The minimum Gasteiger partial charge on any atom is -0.402 e. The Bertz CT molecular complexity index is 1390. The minimum absolute atomic E-state index is 0.211. The van der Waals surface area contributed by atoms with E-state index >= 15 is 0 Å². The molecule has 2 aromatic heterocycles. The summed E-state index contributed by atoms with van der Waals surface area (Å²) in [4.78, 5) is 20.9. The lowest BCUT2D eigenvalue weighted by Crippen LogP contribution is -2.72. The first-order chi connectivity index (χ1) is 15.4. The third-order valence-electron chi connectivity index (χ3n) is 5.23. The number of aliphatic hydroxyl groups is 1. The topological polar surface area (TPSA) is 89.3 Å². The molecule has 0 aliphatic carbocycles. The van der Waals surface area contributed by atoms with Gasteiger partial charge in [-0.3, -0.25) is 9.78 Å². The highest BCUT2D eigenvalue weighted by Gasteiger charge is 2.20. The van der Waals surface area contributed by atoms with Gasteiger partial charge in [0.2, 0.25) is 5.69 Å². The van der Waals surface area contributed by atoms with Crippen LogP contribution in [-0.2, 0) is 6.61 Å². The van der Waals surface area contributed by atoms with Crippen molar-refractivity contribution in [1.29, 1.82) is 0 Å². The van der Waals surface area contributed by atoms with Gasteiger partial charge >= 0.3 is 5.55 Å². The second kappa shape index (κ2) is 9.06. The third kappa shape index (κ3) is 4.49. The van der Waals surface area contributed by atoms with Gasteiger partial charge in [0, 0.05) is 38.9 Å². The molecule has 1 amide bonds. The molecule has 0 spiro atoms. The smallest absolute Gasteiger partial charge is 0.385 e. The van der Waals surface area contributed by atoms with Crippen LogP contribution in [-0.4, -0.2) is 16.0 Å². The lowest BCUT2D eigenvalue weighted by atomic mass is 10.1. The maximum Gasteiger partial charge on any atom is 0.385 e. The van der Waals surface area contributed by atoms with Gasteiger partial charge in [-0.15, -0.1) is 0 Å². The average molecular weight is 493 g/mol. The largest absolute Gasteiger partial charge is 0.402 e. The van der Waals surface area contributed by atoms with E-state index in [1.54, 1.807) is 12.3 Å². The molecular formula is C25H23BrN3O3+. The van der Waals surface area contributed by atoms with Gasteiger partial charge in [0.05, 0.1) is 12.3 Å². The first kappa shape index (κ1) is 21.9. The summed E-state index contributed by atoms with van der Waals surface area (Å²) in [5.41, 5.74) is 6.00. The fourth-order valence-electron chi connectivity index (χ4n) is 3.41. The van der Waals surface area contributed by atoms with Gasteiger partial charge in [-0.1, -0.05) is 28.1 Å². The van der Waals surface area contributed by atoms with Crippen molar-refractivity contribution in [2.75, 3.05) is 5.32 Å². The predicted molar refractivity (Wildman–Crippen MR) is 126 cm³/mol.